The zero-order chi connectivity index (χ0) is 10.4. The highest BCUT2D eigenvalue weighted by Crippen LogP contribution is 2.14. The Bertz CT molecular complexity index is 150. The van der Waals surface area contributed by atoms with Gasteiger partial charge < -0.3 is 9.80 Å². The van der Waals surface area contributed by atoms with Crippen molar-refractivity contribution in [3.8, 4) is 0 Å². The Hall–Kier alpha value is 0.270. The molecule has 0 amide bonds. The molecular formula is C11H24N2S. The van der Waals surface area contributed by atoms with Crippen LogP contribution in [0.25, 0.3) is 0 Å². The van der Waals surface area contributed by atoms with Crippen molar-refractivity contribution in [1.82, 2.24) is 9.80 Å². The second-order valence-corrected chi connectivity index (χ2v) is 4.94. The molecule has 0 N–H and O–H groups in total. The molecule has 1 rings (SSSR count). The molecule has 1 fully saturated rings. The lowest BCUT2D eigenvalue weighted by Crippen LogP contribution is -2.45. The average Bonchev–Trinajstić information content (AvgIpc) is 2.19. The molecule has 0 radical (unpaired) electrons. The maximum atomic E-state index is 4.24. The van der Waals surface area contributed by atoms with Crippen LogP contribution >= 0.6 is 12.6 Å². The molecule has 0 aromatic heterocycles. The number of rotatable bonds is 5. The predicted octanol–water partition coefficient (Wildman–Crippen LogP) is 1.72. The normalized spacial score (nSPS) is 24.4. The summed E-state index contributed by atoms with van der Waals surface area (Å²) < 4.78 is 0. The molecule has 1 saturated heterocycles. The van der Waals surface area contributed by atoms with E-state index in [1.54, 1.807) is 0 Å². The minimum absolute atomic E-state index is 0.778. The molecule has 0 bridgehead atoms. The van der Waals surface area contributed by atoms with Crippen LogP contribution in [-0.4, -0.2) is 55.3 Å². The minimum Gasteiger partial charge on any atom is -0.305 e. The van der Waals surface area contributed by atoms with Crippen molar-refractivity contribution in [3.05, 3.63) is 0 Å². The van der Waals surface area contributed by atoms with Crippen LogP contribution in [0.4, 0.5) is 0 Å². The molecule has 84 valence electrons. The van der Waals surface area contributed by atoms with E-state index in [2.05, 4.69) is 36.5 Å². The summed E-state index contributed by atoms with van der Waals surface area (Å²) >= 11 is 4.24. The molecule has 3 heteroatoms. The molecule has 14 heavy (non-hydrogen) atoms. The van der Waals surface area contributed by atoms with Crippen molar-refractivity contribution >= 4 is 12.6 Å². The van der Waals surface area contributed by atoms with Gasteiger partial charge in [0, 0.05) is 12.6 Å². The minimum atomic E-state index is 0.778. The maximum Gasteiger partial charge on any atom is 0.0217 e. The molecule has 1 heterocycles. The summed E-state index contributed by atoms with van der Waals surface area (Å²) in [6.45, 7) is 3.83. The van der Waals surface area contributed by atoms with Crippen LogP contribution in [0.2, 0.25) is 0 Å². The standard InChI is InChI=1S/C11H24N2S/c1-12(2)11-6-5-8-13(10-11)7-3-4-9-14/h11,14H,3-10H2,1-2H3. The number of likely N-dealkylation sites (N-methyl/N-ethyl adjacent to an activating group) is 1. The Morgan fingerprint density at radius 3 is 2.79 bits per heavy atom. The predicted molar refractivity (Wildman–Crippen MR) is 66.2 cm³/mol. The fourth-order valence-corrected chi connectivity index (χ4v) is 2.33. The number of unbranched alkanes of at least 4 members (excludes halogenated alkanes) is 1. The van der Waals surface area contributed by atoms with Gasteiger partial charge in [-0.15, -0.1) is 0 Å². The molecule has 2 nitrogen and oxygen atoms in total. The van der Waals surface area contributed by atoms with Crippen LogP contribution in [0.5, 0.6) is 0 Å². The van der Waals surface area contributed by atoms with E-state index in [0.717, 1.165) is 11.8 Å². The fourth-order valence-electron chi connectivity index (χ4n) is 2.10. The Labute approximate surface area is 94.1 Å². The van der Waals surface area contributed by atoms with Gasteiger partial charge in [-0.05, 0) is 58.6 Å². The van der Waals surface area contributed by atoms with Crippen LogP contribution < -0.4 is 0 Å². The summed E-state index contributed by atoms with van der Waals surface area (Å²) in [6.07, 6.45) is 5.30. The first-order chi connectivity index (χ1) is 6.74. The SMILES string of the molecule is CN(C)C1CCCN(CCCCS)C1. The Morgan fingerprint density at radius 1 is 1.36 bits per heavy atom. The summed E-state index contributed by atoms with van der Waals surface area (Å²) in [5.41, 5.74) is 0. The van der Waals surface area contributed by atoms with Gasteiger partial charge in [-0.2, -0.15) is 12.6 Å². The average molecular weight is 216 g/mol. The van der Waals surface area contributed by atoms with Gasteiger partial charge in [0.1, 0.15) is 0 Å². The third-order valence-corrected chi connectivity index (χ3v) is 3.41. The lowest BCUT2D eigenvalue weighted by molar-refractivity contribution is 0.132. The highest BCUT2D eigenvalue weighted by atomic mass is 32.1. The van der Waals surface area contributed by atoms with Gasteiger partial charge in [0.05, 0.1) is 0 Å². The van der Waals surface area contributed by atoms with E-state index in [1.807, 2.05) is 0 Å². The first-order valence-electron chi connectivity index (χ1n) is 5.73. The maximum absolute atomic E-state index is 4.24. The Morgan fingerprint density at radius 2 is 2.14 bits per heavy atom. The number of piperidine rings is 1. The largest absolute Gasteiger partial charge is 0.305 e. The van der Waals surface area contributed by atoms with Gasteiger partial charge in [-0.1, -0.05) is 0 Å². The molecule has 0 aromatic rings. The van der Waals surface area contributed by atoms with Crippen LogP contribution in [0.3, 0.4) is 0 Å². The van der Waals surface area contributed by atoms with Crippen molar-refractivity contribution in [2.75, 3.05) is 39.5 Å². The third kappa shape index (κ3) is 4.20. The topological polar surface area (TPSA) is 6.48 Å². The van der Waals surface area contributed by atoms with Crippen molar-refractivity contribution in [2.24, 2.45) is 0 Å². The monoisotopic (exact) mass is 216 g/mol. The van der Waals surface area contributed by atoms with Crippen LogP contribution in [0, 0.1) is 0 Å². The summed E-state index contributed by atoms with van der Waals surface area (Å²) in [5, 5.41) is 0. The summed E-state index contributed by atoms with van der Waals surface area (Å²) in [4.78, 5) is 4.97. The smallest absolute Gasteiger partial charge is 0.0217 e. The molecule has 1 atom stereocenters. The van der Waals surface area contributed by atoms with Gasteiger partial charge >= 0.3 is 0 Å². The van der Waals surface area contributed by atoms with E-state index in [1.165, 1.54) is 45.3 Å². The van der Waals surface area contributed by atoms with E-state index in [9.17, 15) is 0 Å². The molecule has 0 spiro atoms. The summed E-state index contributed by atoms with van der Waals surface area (Å²) in [7, 11) is 4.39. The Kier molecular flexibility index (Phi) is 5.90. The summed E-state index contributed by atoms with van der Waals surface area (Å²) in [6, 6.07) is 0.778. The van der Waals surface area contributed by atoms with Crippen molar-refractivity contribution in [3.63, 3.8) is 0 Å². The molecule has 1 aliphatic heterocycles. The number of thiol groups is 1. The number of hydrogen-bond acceptors (Lipinski definition) is 3. The first kappa shape index (κ1) is 12.3. The highest BCUT2D eigenvalue weighted by molar-refractivity contribution is 7.80. The first-order valence-corrected chi connectivity index (χ1v) is 6.37. The second kappa shape index (κ2) is 6.70. The number of likely N-dealkylation sites (tertiary alicyclic amines) is 1. The van der Waals surface area contributed by atoms with Gasteiger partial charge in [-0.3, -0.25) is 0 Å². The molecule has 0 aliphatic carbocycles. The van der Waals surface area contributed by atoms with Gasteiger partial charge in [0.2, 0.25) is 0 Å². The van der Waals surface area contributed by atoms with E-state index in [4.69, 9.17) is 0 Å². The van der Waals surface area contributed by atoms with Gasteiger partial charge in [0.15, 0.2) is 0 Å². The van der Waals surface area contributed by atoms with E-state index < -0.39 is 0 Å². The molecule has 0 saturated carbocycles. The fraction of sp³-hybridized carbons (Fsp3) is 1.00. The van der Waals surface area contributed by atoms with Gasteiger partial charge in [-0.25, -0.2) is 0 Å². The lowest BCUT2D eigenvalue weighted by Gasteiger charge is -2.36. The van der Waals surface area contributed by atoms with E-state index in [-0.39, 0.29) is 0 Å². The van der Waals surface area contributed by atoms with Crippen LogP contribution in [0.1, 0.15) is 25.7 Å². The van der Waals surface area contributed by atoms with Crippen molar-refractivity contribution in [2.45, 2.75) is 31.7 Å². The quantitative estimate of drug-likeness (QED) is 0.552. The molecule has 0 aromatic carbocycles. The molecule has 1 unspecified atom stereocenters. The van der Waals surface area contributed by atoms with Crippen molar-refractivity contribution < 1.29 is 0 Å². The molecule has 1 aliphatic rings. The number of nitrogens with zero attached hydrogens (tertiary/aromatic N) is 2. The van der Waals surface area contributed by atoms with E-state index >= 15 is 0 Å². The third-order valence-electron chi connectivity index (χ3n) is 3.09. The zero-order valence-electron chi connectivity index (χ0n) is 9.58. The molecular weight excluding hydrogens is 192 g/mol. The lowest BCUT2D eigenvalue weighted by atomic mass is 10.0. The van der Waals surface area contributed by atoms with Crippen molar-refractivity contribution in [1.29, 1.82) is 0 Å². The summed E-state index contributed by atoms with van der Waals surface area (Å²) in [5.74, 6) is 1.03. The van der Waals surface area contributed by atoms with Gasteiger partial charge in [0.25, 0.3) is 0 Å². The zero-order valence-corrected chi connectivity index (χ0v) is 10.5. The van der Waals surface area contributed by atoms with Crippen LogP contribution in [0.15, 0.2) is 0 Å². The number of hydrogen-bond donors (Lipinski definition) is 1. The van der Waals surface area contributed by atoms with E-state index in [0.29, 0.717) is 0 Å². The highest BCUT2D eigenvalue weighted by Gasteiger charge is 2.20. The van der Waals surface area contributed by atoms with Crippen LogP contribution in [-0.2, 0) is 0 Å². The Balaban J connectivity index is 2.19. The second-order valence-electron chi connectivity index (χ2n) is 4.49.